The van der Waals surface area contributed by atoms with Gasteiger partial charge in [0.15, 0.2) is 0 Å². The SMILES string of the molecule is CC.CCC[C@H](C)C(C)[C@@H](C)[C@H](C)[C@@H](C)CC. The number of rotatable bonds is 7. The van der Waals surface area contributed by atoms with E-state index in [1.807, 2.05) is 13.8 Å². The highest BCUT2D eigenvalue weighted by molar-refractivity contribution is 4.75. The molecule has 0 aromatic heterocycles. The zero-order chi connectivity index (χ0) is 14.0. The molecule has 106 valence electrons. The lowest BCUT2D eigenvalue weighted by Gasteiger charge is -2.33. The molecule has 17 heavy (non-hydrogen) atoms. The second-order valence-corrected chi connectivity index (χ2v) is 5.73. The maximum Gasteiger partial charge on any atom is -0.0386 e. The van der Waals surface area contributed by atoms with Crippen molar-refractivity contribution < 1.29 is 0 Å². The van der Waals surface area contributed by atoms with Gasteiger partial charge >= 0.3 is 0 Å². The van der Waals surface area contributed by atoms with Crippen LogP contribution in [0.25, 0.3) is 0 Å². The van der Waals surface area contributed by atoms with Gasteiger partial charge in [-0.3, -0.25) is 0 Å². The molecule has 0 aromatic rings. The topological polar surface area (TPSA) is 0 Å². The van der Waals surface area contributed by atoms with E-state index in [0.29, 0.717) is 0 Å². The molecular formula is C17H38. The molecule has 1 unspecified atom stereocenters. The zero-order valence-corrected chi connectivity index (χ0v) is 14.0. The van der Waals surface area contributed by atoms with E-state index < -0.39 is 0 Å². The summed E-state index contributed by atoms with van der Waals surface area (Å²) in [5.41, 5.74) is 0. The lowest BCUT2D eigenvalue weighted by molar-refractivity contribution is 0.161. The largest absolute Gasteiger partial charge is 0.0683 e. The summed E-state index contributed by atoms with van der Waals surface area (Å²) in [4.78, 5) is 0. The van der Waals surface area contributed by atoms with Crippen LogP contribution >= 0.6 is 0 Å². The van der Waals surface area contributed by atoms with Gasteiger partial charge in [0.2, 0.25) is 0 Å². The summed E-state index contributed by atoms with van der Waals surface area (Å²) in [5.74, 6) is 4.35. The van der Waals surface area contributed by atoms with E-state index in [4.69, 9.17) is 0 Å². The summed E-state index contributed by atoms with van der Waals surface area (Å²) < 4.78 is 0. The van der Waals surface area contributed by atoms with Gasteiger partial charge in [0.1, 0.15) is 0 Å². The maximum atomic E-state index is 2.45. The van der Waals surface area contributed by atoms with Crippen molar-refractivity contribution in [1.29, 1.82) is 0 Å². The molecule has 0 aliphatic rings. The first-order valence-electron chi connectivity index (χ1n) is 7.95. The molecule has 0 bridgehead atoms. The monoisotopic (exact) mass is 242 g/mol. The van der Waals surface area contributed by atoms with Crippen molar-refractivity contribution in [3.8, 4) is 0 Å². The van der Waals surface area contributed by atoms with Crippen LogP contribution in [0.4, 0.5) is 0 Å². The Morgan fingerprint density at radius 3 is 1.41 bits per heavy atom. The summed E-state index contributed by atoms with van der Waals surface area (Å²) >= 11 is 0. The fraction of sp³-hybridized carbons (Fsp3) is 1.00. The molecule has 0 aliphatic heterocycles. The van der Waals surface area contributed by atoms with Gasteiger partial charge in [-0.05, 0) is 29.6 Å². The third kappa shape index (κ3) is 7.11. The first-order chi connectivity index (χ1) is 7.95. The highest BCUT2D eigenvalue weighted by Gasteiger charge is 2.25. The highest BCUT2D eigenvalue weighted by Crippen LogP contribution is 2.33. The van der Waals surface area contributed by atoms with Crippen LogP contribution in [0.5, 0.6) is 0 Å². The molecule has 0 aliphatic carbocycles. The molecule has 0 amide bonds. The van der Waals surface area contributed by atoms with Crippen LogP contribution in [0.15, 0.2) is 0 Å². The third-order valence-electron chi connectivity index (χ3n) is 4.84. The van der Waals surface area contributed by atoms with Crippen molar-refractivity contribution in [3.63, 3.8) is 0 Å². The predicted octanol–water partition coefficient (Wildman–Crippen LogP) is 6.40. The normalized spacial score (nSPS) is 19.6. The van der Waals surface area contributed by atoms with Crippen molar-refractivity contribution in [2.24, 2.45) is 29.6 Å². The first-order valence-corrected chi connectivity index (χ1v) is 7.95. The Balaban J connectivity index is 0. The van der Waals surface area contributed by atoms with Crippen LogP contribution in [0.1, 0.15) is 81.6 Å². The van der Waals surface area contributed by atoms with Gasteiger partial charge < -0.3 is 0 Å². The molecule has 0 saturated carbocycles. The number of hydrogen-bond acceptors (Lipinski definition) is 0. The van der Waals surface area contributed by atoms with E-state index in [9.17, 15) is 0 Å². The van der Waals surface area contributed by atoms with Gasteiger partial charge in [-0.25, -0.2) is 0 Å². The standard InChI is InChI=1S/C15H32.C2H6/c1-8-10-12(4)14(6)15(7)13(5)11(3)9-2;1-2/h11-15H,8-10H2,1-7H3;1-2H3/t11-,12-,13+,14?,15-;/m0./s1. The van der Waals surface area contributed by atoms with E-state index >= 15 is 0 Å². The zero-order valence-electron chi connectivity index (χ0n) is 14.0. The molecular weight excluding hydrogens is 204 g/mol. The molecule has 0 radical (unpaired) electrons. The summed E-state index contributed by atoms with van der Waals surface area (Å²) in [6, 6.07) is 0. The van der Waals surface area contributed by atoms with Crippen molar-refractivity contribution in [2.75, 3.05) is 0 Å². The van der Waals surface area contributed by atoms with Crippen LogP contribution in [0.3, 0.4) is 0 Å². The molecule has 0 heteroatoms. The van der Waals surface area contributed by atoms with Crippen molar-refractivity contribution in [1.82, 2.24) is 0 Å². The fourth-order valence-corrected chi connectivity index (χ4v) is 2.61. The van der Waals surface area contributed by atoms with Gasteiger partial charge in [-0.2, -0.15) is 0 Å². The Bertz CT molecular complexity index is 150. The van der Waals surface area contributed by atoms with E-state index in [-0.39, 0.29) is 0 Å². The van der Waals surface area contributed by atoms with Crippen LogP contribution < -0.4 is 0 Å². The van der Waals surface area contributed by atoms with E-state index in [0.717, 1.165) is 29.6 Å². The lowest BCUT2D eigenvalue weighted by Crippen LogP contribution is -2.26. The van der Waals surface area contributed by atoms with Crippen molar-refractivity contribution in [3.05, 3.63) is 0 Å². The van der Waals surface area contributed by atoms with Crippen molar-refractivity contribution in [2.45, 2.75) is 81.6 Å². The minimum Gasteiger partial charge on any atom is -0.0683 e. The van der Waals surface area contributed by atoms with E-state index in [1.165, 1.54) is 19.3 Å². The average Bonchev–Trinajstić information content (AvgIpc) is 2.37. The van der Waals surface area contributed by atoms with Crippen LogP contribution in [-0.4, -0.2) is 0 Å². The van der Waals surface area contributed by atoms with Gasteiger partial charge in [0, 0.05) is 0 Å². The molecule has 0 rings (SSSR count). The maximum absolute atomic E-state index is 2.45. The molecule has 0 aromatic carbocycles. The Morgan fingerprint density at radius 2 is 1.06 bits per heavy atom. The van der Waals surface area contributed by atoms with Crippen LogP contribution in [-0.2, 0) is 0 Å². The Hall–Kier alpha value is 0. The van der Waals surface area contributed by atoms with Gasteiger partial charge in [0.05, 0.1) is 0 Å². The van der Waals surface area contributed by atoms with Crippen LogP contribution in [0.2, 0.25) is 0 Å². The van der Waals surface area contributed by atoms with Gasteiger partial charge in [-0.1, -0.05) is 81.6 Å². The summed E-state index contributed by atoms with van der Waals surface area (Å²) in [5, 5.41) is 0. The first kappa shape index (κ1) is 19.3. The van der Waals surface area contributed by atoms with E-state index in [2.05, 4.69) is 48.5 Å². The van der Waals surface area contributed by atoms with Gasteiger partial charge in [-0.15, -0.1) is 0 Å². The molecule has 0 heterocycles. The summed E-state index contributed by atoms with van der Waals surface area (Å²) in [6.07, 6.45) is 4.04. The molecule has 5 atom stereocenters. The fourth-order valence-electron chi connectivity index (χ4n) is 2.61. The quantitative estimate of drug-likeness (QED) is 0.484. The third-order valence-corrected chi connectivity index (χ3v) is 4.84. The average molecular weight is 242 g/mol. The molecule has 0 saturated heterocycles. The molecule has 0 nitrogen and oxygen atoms in total. The Labute approximate surface area is 112 Å². The van der Waals surface area contributed by atoms with Gasteiger partial charge in [0.25, 0.3) is 0 Å². The Kier molecular flexibility index (Phi) is 12.6. The summed E-state index contributed by atoms with van der Waals surface area (Å²) in [7, 11) is 0. The predicted molar refractivity (Wildman–Crippen MR) is 82.4 cm³/mol. The highest BCUT2D eigenvalue weighted by atomic mass is 14.3. The number of hydrogen-bond donors (Lipinski definition) is 0. The second-order valence-electron chi connectivity index (χ2n) is 5.73. The minimum absolute atomic E-state index is 0.862. The smallest absolute Gasteiger partial charge is 0.0386 e. The van der Waals surface area contributed by atoms with Crippen LogP contribution in [0, 0.1) is 29.6 Å². The molecule has 0 fully saturated rings. The Morgan fingerprint density at radius 1 is 0.647 bits per heavy atom. The summed E-state index contributed by atoms with van der Waals surface area (Å²) in [6.45, 7) is 20.8. The molecule has 0 N–H and O–H groups in total. The van der Waals surface area contributed by atoms with E-state index in [1.54, 1.807) is 0 Å². The van der Waals surface area contributed by atoms with Crippen molar-refractivity contribution >= 4 is 0 Å². The minimum atomic E-state index is 0.862. The second kappa shape index (κ2) is 11.1. The lowest BCUT2D eigenvalue weighted by atomic mass is 9.72. The molecule has 0 spiro atoms.